The number of nitrogens with one attached hydrogen (secondary N) is 1. The molecule has 0 aliphatic rings. The third kappa shape index (κ3) is 3.46. The zero-order valence-electron chi connectivity index (χ0n) is 12.4. The van der Waals surface area contributed by atoms with Crippen LogP contribution in [0.5, 0.6) is 0 Å². The summed E-state index contributed by atoms with van der Waals surface area (Å²) in [6.07, 6.45) is -2.88. The van der Waals surface area contributed by atoms with Crippen LogP contribution in [-0.2, 0) is 6.18 Å². The molecular formula is C15H12F3N5S. The molecule has 0 saturated carbocycles. The molecule has 0 fully saturated rings. The minimum absolute atomic E-state index is 0.193. The number of hydrogen-bond acceptors (Lipinski definition) is 6. The summed E-state index contributed by atoms with van der Waals surface area (Å²) in [4.78, 5) is 13.3. The van der Waals surface area contributed by atoms with E-state index in [4.69, 9.17) is 5.73 Å². The zero-order valence-corrected chi connectivity index (χ0v) is 13.2. The van der Waals surface area contributed by atoms with Crippen molar-refractivity contribution in [2.24, 2.45) is 0 Å². The quantitative estimate of drug-likeness (QED) is 0.737. The Morgan fingerprint density at radius 1 is 1.17 bits per heavy atom. The summed E-state index contributed by atoms with van der Waals surface area (Å²) < 4.78 is 38.3. The average molecular weight is 351 g/mol. The molecule has 0 aliphatic carbocycles. The molecule has 2 aromatic heterocycles. The van der Waals surface area contributed by atoms with Crippen LogP contribution in [0.2, 0.25) is 0 Å². The number of aromatic nitrogens is 3. The van der Waals surface area contributed by atoms with Crippen LogP contribution in [0.25, 0.3) is 10.6 Å². The van der Waals surface area contributed by atoms with Crippen LogP contribution >= 0.6 is 11.3 Å². The van der Waals surface area contributed by atoms with Crippen molar-refractivity contribution in [2.75, 3.05) is 11.1 Å². The lowest BCUT2D eigenvalue weighted by atomic mass is 10.2. The fourth-order valence-electron chi connectivity index (χ4n) is 2.10. The monoisotopic (exact) mass is 351 g/mol. The number of halogens is 3. The van der Waals surface area contributed by atoms with Gasteiger partial charge in [0, 0.05) is 11.9 Å². The number of rotatable bonds is 3. The van der Waals surface area contributed by atoms with Crippen molar-refractivity contribution >= 4 is 28.1 Å². The number of nitrogen functional groups attached to an aromatic ring is 1. The number of aryl methyl sites for hydroxylation is 1. The predicted molar refractivity (Wildman–Crippen MR) is 87.0 cm³/mol. The maximum Gasteiger partial charge on any atom is 0.416 e. The maximum atomic E-state index is 12.8. The van der Waals surface area contributed by atoms with Crippen LogP contribution in [0.1, 0.15) is 11.3 Å². The van der Waals surface area contributed by atoms with Crippen molar-refractivity contribution in [2.45, 2.75) is 13.1 Å². The Morgan fingerprint density at radius 2 is 1.96 bits per heavy atom. The third-order valence-electron chi connectivity index (χ3n) is 3.15. The first-order chi connectivity index (χ1) is 11.3. The lowest BCUT2D eigenvalue weighted by Crippen LogP contribution is -2.05. The van der Waals surface area contributed by atoms with Crippen LogP contribution < -0.4 is 11.1 Å². The Balaban J connectivity index is 1.89. The maximum absolute atomic E-state index is 12.8. The summed E-state index contributed by atoms with van der Waals surface area (Å²) in [7, 11) is 0. The van der Waals surface area contributed by atoms with E-state index in [1.54, 1.807) is 6.07 Å². The van der Waals surface area contributed by atoms with Crippen LogP contribution in [0, 0.1) is 6.92 Å². The molecular weight excluding hydrogens is 339 g/mol. The van der Waals surface area contributed by atoms with E-state index in [2.05, 4.69) is 20.3 Å². The van der Waals surface area contributed by atoms with E-state index >= 15 is 0 Å². The van der Waals surface area contributed by atoms with Gasteiger partial charge in [-0.1, -0.05) is 17.4 Å². The van der Waals surface area contributed by atoms with Gasteiger partial charge in [0.1, 0.15) is 0 Å². The zero-order chi connectivity index (χ0) is 17.3. The number of anilines is 3. The van der Waals surface area contributed by atoms with Crippen molar-refractivity contribution in [1.29, 1.82) is 0 Å². The molecule has 0 bridgehead atoms. The van der Waals surface area contributed by atoms with Gasteiger partial charge >= 0.3 is 6.18 Å². The van der Waals surface area contributed by atoms with E-state index in [9.17, 15) is 13.2 Å². The average Bonchev–Trinajstić information content (AvgIpc) is 2.86. The highest BCUT2D eigenvalue weighted by molar-refractivity contribution is 7.18. The van der Waals surface area contributed by atoms with E-state index < -0.39 is 11.7 Å². The van der Waals surface area contributed by atoms with Gasteiger partial charge in [-0.15, -0.1) is 0 Å². The summed E-state index contributed by atoms with van der Waals surface area (Å²) in [6, 6.07) is 6.54. The van der Waals surface area contributed by atoms with Gasteiger partial charge in [0.2, 0.25) is 5.95 Å². The van der Waals surface area contributed by atoms with Crippen LogP contribution in [0.15, 0.2) is 36.5 Å². The van der Waals surface area contributed by atoms with E-state index in [0.29, 0.717) is 10.8 Å². The molecule has 0 aliphatic heterocycles. The number of hydrogen-bond donors (Lipinski definition) is 2. The second-order valence-electron chi connectivity index (χ2n) is 4.94. The normalized spacial score (nSPS) is 11.5. The Labute approximate surface area is 139 Å². The van der Waals surface area contributed by atoms with Gasteiger partial charge in [-0.3, -0.25) is 0 Å². The molecule has 0 radical (unpaired) electrons. The van der Waals surface area contributed by atoms with Crippen LogP contribution in [-0.4, -0.2) is 15.0 Å². The minimum Gasteiger partial charge on any atom is -0.375 e. The highest BCUT2D eigenvalue weighted by Gasteiger charge is 2.30. The summed E-state index contributed by atoms with van der Waals surface area (Å²) in [5.41, 5.74) is 6.53. The second kappa shape index (κ2) is 6.08. The van der Waals surface area contributed by atoms with Gasteiger partial charge in [-0.2, -0.15) is 13.2 Å². The summed E-state index contributed by atoms with van der Waals surface area (Å²) in [5.74, 6) is 0.193. The highest BCUT2D eigenvalue weighted by atomic mass is 32.1. The fraction of sp³-hybridized carbons (Fsp3) is 0.133. The van der Waals surface area contributed by atoms with Crippen LogP contribution in [0.4, 0.5) is 29.9 Å². The molecule has 24 heavy (non-hydrogen) atoms. The number of alkyl halides is 3. The summed E-state index contributed by atoms with van der Waals surface area (Å²) in [5, 5.41) is 3.21. The van der Waals surface area contributed by atoms with Crippen molar-refractivity contribution < 1.29 is 13.2 Å². The molecule has 0 amide bonds. The Morgan fingerprint density at radius 3 is 2.62 bits per heavy atom. The fourth-order valence-corrected chi connectivity index (χ4v) is 2.91. The van der Waals surface area contributed by atoms with Gasteiger partial charge in [-0.05, 0) is 31.2 Å². The van der Waals surface area contributed by atoms with Gasteiger partial charge in [0.05, 0.1) is 21.8 Å². The number of thiazole rings is 1. The molecule has 1 aromatic carbocycles. The van der Waals surface area contributed by atoms with E-state index in [-0.39, 0.29) is 11.6 Å². The second-order valence-corrected chi connectivity index (χ2v) is 5.97. The smallest absolute Gasteiger partial charge is 0.375 e. The molecule has 0 atom stereocenters. The molecule has 5 nitrogen and oxygen atoms in total. The molecule has 9 heteroatoms. The lowest BCUT2D eigenvalue weighted by Gasteiger charge is -2.10. The molecule has 3 rings (SSSR count). The van der Waals surface area contributed by atoms with Gasteiger partial charge in [-0.25, -0.2) is 15.0 Å². The number of nitrogens with zero attached hydrogens (tertiary/aromatic N) is 3. The molecule has 0 unspecified atom stereocenters. The molecule has 3 N–H and O–H groups in total. The SMILES string of the molecule is Cc1nc(N)sc1-c1ccnc(Nc2cccc(C(F)(F)F)c2)n1. The van der Waals surface area contributed by atoms with Gasteiger partial charge < -0.3 is 11.1 Å². The Hall–Kier alpha value is -2.68. The van der Waals surface area contributed by atoms with Crippen molar-refractivity contribution in [3.05, 3.63) is 47.8 Å². The largest absolute Gasteiger partial charge is 0.416 e. The molecule has 0 spiro atoms. The van der Waals surface area contributed by atoms with Gasteiger partial charge in [0.15, 0.2) is 5.13 Å². The number of nitrogens with two attached hydrogens (primary N) is 1. The van der Waals surface area contributed by atoms with Crippen molar-refractivity contribution in [1.82, 2.24) is 15.0 Å². The molecule has 124 valence electrons. The highest BCUT2D eigenvalue weighted by Crippen LogP contribution is 2.32. The first kappa shape index (κ1) is 16.2. The van der Waals surface area contributed by atoms with Crippen molar-refractivity contribution in [3.8, 4) is 10.6 Å². The molecule has 0 saturated heterocycles. The summed E-state index contributed by atoms with van der Waals surface area (Å²) >= 11 is 1.29. The molecule has 3 aromatic rings. The Bertz CT molecular complexity index is 876. The van der Waals surface area contributed by atoms with Gasteiger partial charge in [0.25, 0.3) is 0 Å². The van der Waals surface area contributed by atoms with E-state index in [1.807, 2.05) is 6.92 Å². The van der Waals surface area contributed by atoms with E-state index in [0.717, 1.165) is 22.7 Å². The Kier molecular flexibility index (Phi) is 4.10. The van der Waals surface area contributed by atoms with E-state index in [1.165, 1.54) is 29.7 Å². The topological polar surface area (TPSA) is 76.7 Å². The standard InChI is InChI=1S/C15H12F3N5S/c1-8-12(24-13(19)21-8)11-5-6-20-14(23-11)22-10-4-2-3-9(7-10)15(16,17)18/h2-7H,1H3,(H2,19,21)(H,20,22,23). The minimum atomic E-state index is -4.41. The first-order valence-corrected chi connectivity index (χ1v) is 7.65. The van der Waals surface area contributed by atoms with Crippen LogP contribution in [0.3, 0.4) is 0 Å². The summed E-state index contributed by atoms with van der Waals surface area (Å²) in [6.45, 7) is 1.81. The third-order valence-corrected chi connectivity index (χ3v) is 4.16. The first-order valence-electron chi connectivity index (χ1n) is 6.83. The predicted octanol–water partition coefficient (Wildman–Crippen LogP) is 4.25. The molecule has 2 heterocycles. The number of benzene rings is 1. The van der Waals surface area contributed by atoms with Crippen molar-refractivity contribution in [3.63, 3.8) is 0 Å². The lowest BCUT2D eigenvalue weighted by molar-refractivity contribution is -0.137.